The number of furan rings is 1. The molecule has 0 radical (unpaired) electrons. The van der Waals surface area contributed by atoms with E-state index in [4.69, 9.17) is 13.9 Å². The van der Waals surface area contributed by atoms with Crippen molar-refractivity contribution in [1.29, 1.82) is 0 Å². The third-order valence-electron chi connectivity index (χ3n) is 8.21. The molecule has 1 fully saturated rings. The summed E-state index contributed by atoms with van der Waals surface area (Å²) in [7, 11) is 0. The van der Waals surface area contributed by atoms with Crippen LogP contribution in [0.2, 0.25) is 0 Å². The Morgan fingerprint density at radius 2 is 1.60 bits per heavy atom. The standard InChI is InChI=1S/C38H46O5/c1-24(2)18-31(19-25(3)4)14-16-32-21-34(42-38(32)40)23-41-37(39)28(7)27(6)36-22-33-20-30(15-17-35(33)43-36)13-12-29-10-8-26(5)9-11-29/h8-11,15-17,20,22,24-25,27-28,31,34H,14,18-19,21,23H2,1-7H3/b32-16+. The Morgan fingerprint density at radius 1 is 0.953 bits per heavy atom. The largest absolute Gasteiger partial charge is 0.462 e. The number of allylic oxidation sites excluding steroid dienone is 1. The van der Waals surface area contributed by atoms with Gasteiger partial charge in [-0.3, -0.25) is 4.79 Å². The smallest absolute Gasteiger partial charge is 0.334 e. The van der Waals surface area contributed by atoms with E-state index in [1.807, 2.05) is 56.3 Å². The zero-order valence-electron chi connectivity index (χ0n) is 26.7. The summed E-state index contributed by atoms with van der Waals surface area (Å²) in [6.45, 7) is 14.9. The monoisotopic (exact) mass is 582 g/mol. The molecule has 1 aliphatic rings. The van der Waals surface area contributed by atoms with E-state index in [0.29, 0.717) is 29.7 Å². The molecule has 2 heterocycles. The lowest BCUT2D eigenvalue weighted by atomic mass is 9.86. The van der Waals surface area contributed by atoms with E-state index in [0.717, 1.165) is 47.1 Å². The summed E-state index contributed by atoms with van der Waals surface area (Å²) in [5.41, 5.74) is 4.53. The highest BCUT2D eigenvalue weighted by atomic mass is 16.6. The first kappa shape index (κ1) is 32.1. The number of benzene rings is 2. The molecule has 5 nitrogen and oxygen atoms in total. The lowest BCUT2D eigenvalue weighted by Crippen LogP contribution is -2.25. The number of aryl methyl sites for hydroxylation is 1. The summed E-state index contributed by atoms with van der Waals surface area (Å²) < 4.78 is 17.3. The fourth-order valence-corrected chi connectivity index (χ4v) is 5.69. The maximum Gasteiger partial charge on any atom is 0.334 e. The van der Waals surface area contributed by atoms with Gasteiger partial charge in [0.1, 0.15) is 24.1 Å². The second-order valence-electron chi connectivity index (χ2n) is 13.0. The van der Waals surface area contributed by atoms with Gasteiger partial charge in [-0.25, -0.2) is 4.79 Å². The van der Waals surface area contributed by atoms with Crippen LogP contribution in [0.1, 0.15) is 95.6 Å². The highest BCUT2D eigenvalue weighted by Gasteiger charge is 2.32. The van der Waals surface area contributed by atoms with Crippen LogP contribution in [0.15, 0.2) is 64.6 Å². The predicted octanol–water partition coefficient (Wildman–Crippen LogP) is 8.76. The van der Waals surface area contributed by atoms with Crippen LogP contribution >= 0.6 is 0 Å². The molecule has 228 valence electrons. The van der Waals surface area contributed by atoms with Crippen molar-refractivity contribution in [3.8, 4) is 11.8 Å². The molecule has 43 heavy (non-hydrogen) atoms. The van der Waals surface area contributed by atoms with E-state index >= 15 is 0 Å². The first-order chi connectivity index (χ1) is 20.5. The molecule has 3 aromatic rings. The van der Waals surface area contributed by atoms with Crippen molar-refractivity contribution in [3.63, 3.8) is 0 Å². The Kier molecular flexibility index (Phi) is 10.9. The number of rotatable bonds is 11. The Bertz CT molecular complexity index is 1480. The molecule has 1 saturated heterocycles. The van der Waals surface area contributed by atoms with Crippen molar-refractivity contribution >= 4 is 22.9 Å². The molecule has 0 bridgehead atoms. The molecular formula is C38H46O5. The fraction of sp³-hybridized carbons (Fsp3) is 0.474. The SMILES string of the molecule is Cc1ccc(C#Cc2ccc3oc(C(C)C(C)C(=O)OCC4C/C(=C\CC(CC(C)C)CC(C)C)C(=O)O4)cc3c2)cc1. The van der Waals surface area contributed by atoms with Crippen LogP contribution in [-0.2, 0) is 19.1 Å². The first-order valence-electron chi connectivity index (χ1n) is 15.7. The van der Waals surface area contributed by atoms with Gasteiger partial charge in [0.25, 0.3) is 0 Å². The van der Waals surface area contributed by atoms with Gasteiger partial charge < -0.3 is 13.9 Å². The summed E-state index contributed by atoms with van der Waals surface area (Å²) in [6.07, 6.45) is 5.24. The van der Waals surface area contributed by atoms with Crippen molar-refractivity contribution in [2.75, 3.05) is 6.61 Å². The number of fused-ring (bicyclic) bond motifs is 1. The molecule has 0 amide bonds. The number of carbonyl (C=O) groups is 2. The Labute approximate surface area is 257 Å². The topological polar surface area (TPSA) is 65.7 Å². The minimum absolute atomic E-state index is 0.0591. The molecule has 2 aromatic carbocycles. The predicted molar refractivity (Wildman–Crippen MR) is 172 cm³/mol. The number of esters is 2. The quantitative estimate of drug-likeness (QED) is 0.128. The summed E-state index contributed by atoms with van der Waals surface area (Å²) in [5.74, 6) is 7.70. The fourth-order valence-electron chi connectivity index (χ4n) is 5.69. The van der Waals surface area contributed by atoms with E-state index in [1.165, 1.54) is 5.56 Å². The Morgan fingerprint density at radius 3 is 2.28 bits per heavy atom. The third kappa shape index (κ3) is 9.10. The number of carbonyl (C=O) groups excluding carboxylic acids is 2. The highest BCUT2D eigenvalue weighted by Crippen LogP contribution is 2.32. The molecule has 0 saturated carbocycles. The molecule has 1 aromatic heterocycles. The van der Waals surface area contributed by atoms with Gasteiger partial charge in [0.05, 0.1) is 5.92 Å². The average Bonchev–Trinajstić information content (AvgIpc) is 3.55. The van der Waals surface area contributed by atoms with Crippen LogP contribution in [0.5, 0.6) is 0 Å². The van der Waals surface area contributed by atoms with Crippen LogP contribution in [-0.4, -0.2) is 24.6 Å². The maximum atomic E-state index is 13.0. The van der Waals surface area contributed by atoms with Gasteiger partial charge in [-0.1, -0.05) is 77.2 Å². The molecule has 4 rings (SSSR count). The van der Waals surface area contributed by atoms with Gasteiger partial charge in [-0.05, 0) is 80.3 Å². The summed E-state index contributed by atoms with van der Waals surface area (Å²) in [6, 6.07) is 16.0. The summed E-state index contributed by atoms with van der Waals surface area (Å²) in [5, 5.41) is 0.944. The van der Waals surface area contributed by atoms with E-state index in [-0.39, 0.29) is 24.5 Å². The van der Waals surface area contributed by atoms with Gasteiger partial charge >= 0.3 is 11.9 Å². The molecule has 3 unspecified atom stereocenters. The molecule has 0 spiro atoms. The van der Waals surface area contributed by atoms with Crippen molar-refractivity contribution in [2.24, 2.45) is 23.7 Å². The first-order valence-corrected chi connectivity index (χ1v) is 15.7. The lowest BCUT2D eigenvalue weighted by Gasteiger charge is -2.19. The van der Waals surface area contributed by atoms with Crippen molar-refractivity contribution in [1.82, 2.24) is 0 Å². The number of hydrogen-bond acceptors (Lipinski definition) is 5. The highest BCUT2D eigenvalue weighted by molar-refractivity contribution is 5.90. The van der Waals surface area contributed by atoms with Gasteiger partial charge in [0.2, 0.25) is 0 Å². The van der Waals surface area contributed by atoms with Crippen LogP contribution < -0.4 is 0 Å². The second-order valence-corrected chi connectivity index (χ2v) is 13.0. The number of cyclic esters (lactones) is 1. The summed E-state index contributed by atoms with van der Waals surface area (Å²) in [4.78, 5) is 25.5. The molecular weight excluding hydrogens is 536 g/mol. The van der Waals surface area contributed by atoms with Crippen LogP contribution in [0.3, 0.4) is 0 Å². The maximum absolute atomic E-state index is 13.0. The van der Waals surface area contributed by atoms with Gasteiger partial charge in [-0.2, -0.15) is 0 Å². The van der Waals surface area contributed by atoms with Crippen LogP contribution in [0.25, 0.3) is 11.0 Å². The van der Waals surface area contributed by atoms with Gasteiger partial charge in [0, 0.05) is 34.4 Å². The van der Waals surface area contributed by atoms with E-state index in [1.54, 1.807) is 0 Å². The van der Waals surface area contributed by atoms with E-state index in [2.05, 4.69) is 58.6 Å². The number of hydrogen-bond donors (Lipinski definition) is 0. The zero-order chi connectivity index (χ0) is 31.1. The van der Waals surface area contributed by atoms with Crippen molar-refractivity contribution in [3.05, 3.63) is 82.6 Å². The molecule has 0 aliphatic carbocycles. The number of ether oxygens (including phenoxy) is 2. The van der Waals surface area contributed by atoms with Crippen molar-refractivity contribution in [2.45, 2.75) is 86.2 Å². The van der Waals surface area contributed by atoms with E-state index < -0.39 is 12.0 Å². The van der Waals surface area contributed by atoms with Gasteiger partial charge in [-0.15, -0.1) is 0 Å². The Hall–Kier alpha value is -3.78. The van der Waals surface area contributed by atoms with E-state index in [9.17, 15) is 9.59 Å². The molecule has 3 atom stereocenters. The minimum atomic E-state index is -0.440. The van der Waals surface area contributed by atoms with Crippen molar-refractivity contribution < 1.29 is 23.5 Å². The lowest BCUT2D eigenvalue weighted by molar-refractivity contribution is -0.155. The normalized spacial score (nSPS) is 17.4. The van der Waals surface area contributed by atoms with Crippen LogP contribution in [0.4, 0.5) is 0 Å². The summed E-state index contributed by atoms with van der Waals surface area (Å²) >= 11 is 0. The average molecular weight is 583 g/mol. The Balaban J connectivity index is 1.31. The second kappa shape index (κ2) is 14.6. The molecule has 0 N–H and O–H groups in total. The minimum Gasteiger partial charge on any atom is -0.462 e. The van der Waals surface area contributed by atoms with Gasteiger partial charge in [0.15, 0.2) is 0 Å². The molecule has 1 aliphatic heterocycles. The zero-order valence-corrected chi connectivity index (χ0v) is 26.7. The third-order valence-corrected chi connectivity index (χ3v) is 8.21. The van der Waals surface area contributed by atoms with Crippen LogP contribution in [0, 0.1) is 42.4 Å². The molecule has 5 heteroatoms.